The van der Waals surface area contributed by atoms with Crippen LogP contribution in [0.25, 0.3) is 86.3 Å². The number of fused-ring (bicyclic) bond motifs is 9. The third kappa shape index (κ3) is 3.91. The van der Waals surface area contributed by atoms with Crippen LogP contribution >= 0.6 is 11.3 Å². The molecular formula is C42H27BN2O2S. The first-order chi connectivity index (χ1) is 23.7. The van der Waals surface area contributed by atoms with Gasteiger partial charge in [0.05, 0.1) is 22.1 Å². The fourth-order valence-electron chi connectivity index (χ4n) is 7.69. The zero-order chi connectivity index (χ0) is 31.9. The maximum absolute atomic E-state index is 10.5. The lowest BCUT2D eigenvalue weighted by Gasteiger charge is -2.12. The third-order valence-corrected chi connectivity index (χ3v) is 11.0. The second-order valence-electron chi connectivity index (χ2n) is 12.4. The Morgan fingerprint density at radius 1 is 0.458 bits per heavy atom. The number of benzene rings is 7. The topological polar surface area (TPSA) is 50.3 Å². The monoisotopic (exact) mass is 634 g/mol. The molecule has 0 amide bonds. The summed E-state index contributed by atoms with van der Waals surface area (Å²) in [4.78, 5) is 0. The quantitative estimate of drug-likeness (QED) is 0.190. The van der Waals surface area contributed by atoms with Gasteiger partial charge in [0, 0.05) is 58.6 Å². The van der Waals surface area contributed by atoms with E-state index in [1.165, 1.54) is 27.4 Å². The number of para-hydroxylation sites is 3. The van der Waals surface area contributed by atoms with Gasteiger partial charge in [-0.2, -0.15) is 0 Å². The maximum atomic E-state index is 10.5. The molecule has 0 spiro atoms. The summed E-state index contributed by atoms with van der Waals surface area (Å²) in [5.74, 6) is 0. The van der Waals surface area contributed by atoms with Crippen molar-refractivity contribution in [2.45, 2.75) is 0 Å². The van der Waals surface area contributed by atoms with Crippen LogP contribution in [0.5, 0.6) is 0 Å². The highest BCUT2D eigenvalue weighted by atomic mass is 32.1. The van der Waals surface area contributed by atoms with Crippen LogP contribution in [0.2, 0.25) is 0 Å². The fourth-order valence-corrected chi connectivity index (χ4v) is 8.91. The minimum Gasteiger partial charge on any atom is -0.423 e. The van der Waals surface area contributed by atoms with Crippen LogP contribution in [-0.4, -0.2) is 26.3 Å². The van der Waals surface area contributed by atoms with Gasteiger partial charge >= 0.3 is 7.12 Å². The van der Waals surface area contributed by atoms with Gasteiger partial charge in [-0.25, -0.2) is 0 Å². The van der Waals surface area contributed by atoms with Gasteiger partial charge in [-0.3, -0.25) is 0 Å². The highest BCUT2D eigenvalue weighted by molar-refractivity contribution is 7.27. The van der Waals surface area contributed by atoms with E-state index in [0.29, 0.717) is 5.46 Å². The molecule has 0 saturated carbocycles. The van der Waals surface area contributed by atoms with Crippen molar-refractivity contribution in [2.24, 2.45) is 0 Å². The lowest BCUT2D eigenvalue weighted by atomic mass is 9.79. The molecule has 6 heteroatoms. The molecule has 0 atom stereocenters. The lowest BCUT2D eigenvalue weighted by Crippen LogP contribution is -2.30. The first-order valence-electron chi connectivity index (χ1n) is 16.1. The Kier molecular flexibility index (Phi) is 5.96. The van der Waals surface area contributed by atoms with E-state index in [1.807, 2.05) is 18.2 Å². The van der Waals surface area contributed by atoms with E-state index in [9.17, 15) is 10.0 Å². The molecule has 10 aromatic rings. The average molecular weight is 635 g/mol. The van der Waals surface area contributed by atoms with Crippen molar-refractivity contribution in [3.63, 3.8) is 0 Å². The molecule has 0 bridgehead atoms. The summed E-state index contributed by atoms with van der Waals surface area (Å²) >= 11 is 1.60. The highest BCUT2D eigenvalue weighted by Gasteiger charge is 2.22. The van der Waals surface area contributed by atoms with Crippen LogP contribution in [0, 0.1) is 0 Å². The van der Waals surface area contributed by atoms with Crippen LogP contribution in [-0.2, 0) is 0 Å². The number of nitrogens with zero attached hydrogens (tertiary/aromatic N) is 2. The van der Waals surface area contributed by atoms with Gasteiger partial charge in [-0.1, -0.05) is 91.0 Å². The lowest BCUT2D eigenvalue weighted by molar-refractivity contribution is 0.426. The van der Waals surface area contributed by atoms with Crippen LogP contribution in [0.15, 0.2) is 152 Å². The summed E-state index contributed by atoms with van der Waals surface area (Å²) in [6, 6.07) is 53.5. The molecule has 0 radical (unpaired) electrons. The maximum Gasteiger partial charge on any atom is 0.489 e. The van der Waals surface area contributed by atoms with Crippen molar-refractivity contribution < 1.29 is 10.0 Å². The summed E-state index contributed by atoms with van der Waals surface area (Å²) in [7, 11) is -1.58. The molecule has 0 fully saturated rings. The van der Waals surface area contributed by atoms with E-state index in [-0.39, 0.29) is 0 Å². The number of hydrogen-bond donors (Lipinski definition) is 2. The van der Waals surface area contributed by atoms with Crippen LogP contribution in [0.3, 0.4) is 0 Å². The molecule has 226 valence electrons. The van der Waals surface area contributed by atoms with E-state index in [2.05, 4.69) is 143 Å². The third-order valence-electron chi connectivity index (χ3n) is 9.72. The van der Waals surface area contributed by atoms with Crippen molar-refractivity contribution in [2.75, 3.05) is 0 Å². The molecule has 7 aromatic carbocycles. The zero-order valence-corrected chi connectivity index (χ0v) is 26.5. The standard InChI is InChI=1S/C42H27BN2O2S/c46-43(47)35-25-28(24-34-31-14-6-9-20-40(31)48-42(34)35)45-36-17-7-4-13-30(36)33-23-26(21-22-38(33)45)29-16-10-19-39-41(29)32-15-5-8-18-37(32)44(39)27-11-2-1-3-12-27/h1-25,46-47H. The molecule has 0 aliphatic carbocycles. The van der Waals surface area contributed by atoms with Crippen molar-refractivity contribution in [3.8, 4) is 22.5 Å². The Balaban J connectivity index is 1.24. The van der Waals surface area contributed by atoms with E-state index in [0.717, 1.165) is 58.9 Å². The van der Waals surface area contributed by atoms with Crippen molar-refractivity contribution in [1.82, 2.24) is 9.13 Å². The zero-order valence-electron chi connectivity index (χ0n) is 25.7. The van der Waals surface area contributed by atoms with Gasteiger partial charge in [-0.05, 0) is 71.8 Å². The normalized spacial score (nSPS) is 12.0. The molecular weight excluding hydrogens is 607 g/mol. The van der Waals surface area contributed by atoms with E-state index >= 15 is 0 Å². The van der Waals surface area contributed by atoms with Gasteiger partial charge in [0.15, 0.2) is 0 Å². The Hall–Kier alpha value is -5.66. The van der Waals surface area contributed by atoms with Crippen molar-refractivity contribution in [1.29, 1.82) is 0 Å². The van der Waals surface area contributed by atoms with Crippen LogP contribution in [0.4, 0.5) is 0 Å². The number of rotatable bonds is 4. The molecule has 4 nitrogen and oxygen atoms in total. The largest absolute Gasteiger partial charge is 0.489 e. The SMILES string of the molecule is OB(O)c1cc(-n2c3ccccc3c3cc(-c4cccc5c4c4ccccc4n5-c4ccccc4)ccc32)cc2c1sc1ccccc12. The van der Waals surface area contributed by atoms with Crippen molar-refractivity contribution in [3.05, 3.63) is 152 Å². The molecule has 0 aliphatic heterocycles. The predicted octanol–water partition coefficient (Wildman–Crippen LogP) is 9.60. The average Bonchev–Trinajstić information content (AvgIpc) is 3.79. The molecule has 0 aliphatic rings. The van der Waals surface area contributed by atoms with Gasteiger partial charge < -0.3 is 19.2 Å². The van der Waals surface area contributed by atoms with Gasteiger partial charge in [0.25, 0.3) is 0 Å². The Morgan fingerprint density at radius 3 is 1.92 bits per heavy atom. The number of hydrogen-bond acceptors (Lipinski definition) is 3. The summed E-state index contributed by atoms with van der Waals surface area (Å²) in [6.07, 6.45) is 0. The van der Waals surface area contributed by atoms with E-state index in [4.69, 9.17) is 0 Å². The van der Waals surface area contributed by atoms with E-state index < -0.39 is 7.12 Å². The summed E-state index contributed by atoms with van der Waals surface area (Å²) in [6.45, 7) is 0. The smallest absolute Gasteiger partial charge is 0.423 e. The van der Waals surface area contributed by atoms with Gasteiger partial charge in [-0.15, -0.1) is 11.3 Å². The minimum atomic E-state index is -1.58. The second kappa shape index (κ2) is 10.4. The molecule has 48 heavy (non-hydrogen) atoms. The van der Waals surface area contributed by atoms with E-state index in [1.54, 1.807) is 11.3 Å². The molecule has 0 unspecified atom stereocenters. The van der Waals surface area contributed by atoms with Crippen LogP contribution in [0.1, 0.15) is 0 Å². The first-order valence-corrected chi connectivity index (χ1v) is 16.9. The second-order valence-corrected chi connectivity index (χ2v) is 13.4. The van der Waals surface area contributed by atoms with Gasteiger partial charge in [0.1, 0.15) is 0 Å². The molecule has 0 saturated heterocycles. The Bertz CT molecular complexity index is 2880. The minimum absolute atomic E-state index is 0.521. The Labute approximate surface area is 280 Å². The fraction of sp³-hybridized carbons (Fsp3) is 0. The van der Waals surface area contributed by atoms with Crippen LogP contribution < -0.4 is 5.46 Å². The molecule has 3 aromatic heterocycles. The summed E-state index contributed by atoms with van der Waals surface area (Å²) < 4.78 is 6.64. The van der Waals surface area contributed by atoms with Gasteiger partial charge in [0.2, 0.25) is 0 Å². The van der Waals surface area contributed by atoms with Crippen molar-refractivity contribution >= 4 is 87.7 Å². The Morgan fingerprint density at radius 2 is 1.10 bits per heavy atom. The number of thiophene rings is 1. The summed E-state index contributed by atoms with van der Waals surface area (Å²) in [5, 5.41) is 28.0. The first kappa shape index (κ1) is 27.5. The molecule has 3 heterocycles. The summed E-state index contributed by atoms with van der Waals surface area (Å²) in [5.41, 5.74) is 9.40. The highest BCUT2D eigenvalue weighted by Crippen LogP contribution is 2.42. The molecule has 2 N–H and O–H groups in total. The molecule has 10 rings (SSSR count). The number of aromatic nitrogens is 2. The predicted molar refractivity (Wildman–Crippen MR) is 203 cm³/mol.